The molecule has 0 saturated heterocycles. The van der Waals surface area contributed by atoms with Crippen molar-refractivity contribution in [2.24, 2.45) is 0 Å². The number of carbonyl (C=O) groups excluding carboxylic acids is 1. The van der Waals surface area contributed by atoms with Crippen molar-refractivity contribution in [1.82, 2.24) is 5.32 Å². The van der Waals surface area contributed by atoms with Crippen LogP contribution < -0.4 is 9.62 Å². The molecule has 5 nitrogen and oxygen atoms in total. The van der Waals surface area contributed by atoms with E-state index in [1.807, 2.05) is 31.2 Å². The SMILES string of the molecule is CCc1ccc([C@H](C)NC(=O)[C@H](C)N(c2cc(Cl)ccc2Cl)S(C)(=O)=O)cc1. The van der Waals surface area contributed by atoms with E-state index in [1.165, 1.54) is 24.6 Å². The molecule has 152 valence electrons. The standard InChI is InChI=1S/C20H24Cl2N2O3S/c1-5-15-6-8-16(9-7-15)13(2)23-20(25)14(3)24(28(4,26)27)19-12-17(21)10-11-18(19)22/h6-14H,5H2,1-4H3,(H,23,25)/t13-,14-/m0/s1. The van der Waals surface area contributed by atoms with Gasteiger partial charge in [0, 0.05) is 5.02 Å². The molecule has 28 heavy (non-hydrogen) atoms. The zero-order valence-corrected chi connectivity index (χ0v) is 18.6. The Morgan fingerprint density at radius 1 is 1.11 bits per heavy atom. The minimum Gasteiger partial charge on any atom is -0.348 e. The smallest absolute Gasteiger partial charge is 0.244 e. The van der Waals surface area contributed by atoms with Crippen molar-refractivity contribution in [3.8, 4) is 0 Å². The number of rotatable bonds is 7. The second-order valence-corrected chi connectivity index (χ2v) is 9.36. The number of hydrogen-bond donors (Lipinski definition) is 1. The van der Waals surface area contributed by atoms with Crippen LogP contribution in [0.15, 0.2) is 42.5 Å². The van der Waals surface area contributed by atoms with Gasteiger partial charge >= 0.3 is 0 Å². The van der Waals surface area contributed by atoms with Crippen LogP contribution in [0.5, 0.6) is 0 Å². The molecule has 0 radical (unpaired) electrons. The molecule has 0 spiro atoms. The number of sulfonamides is 1. The van der Waals surface area contributed by atoms with Gasteiger partial charge in [-0.05, 0) is 49.6 Å². The molecule has 2 aromatic rings. The van der Waals surface area contributed by atoms with Gasteiger partial charge in [0.25, 0.3) is 0 Å². The van der Waals surface area contributed by atoms with E-state index in [4.69, 9.17) is 23.2 Å². The van der Waals surface area contributed by atoms with Gasteiger partial charge in [-0.2, -0.15) is 0 Å². The van der Waals surface area contributed by atoms with Crippen molar-refractivity contribution in [3.05, 3.63) is 63.6 Å². The van der Waals surface area contributed by atoms with E-state index >= 15 is 0 Å². The summed E-state index contributed by atoms with van der Waals surface area (Å²) in [4.78, 5) is 12.8. The van der Waals surface area contributed by atoms with Gasteiger partial charge in [0.1, 0.15) is 6.04 Å². The minimum absolute atomic E-state index is 0.166. The molecule has 2 rings (SSSR count). The average Bonchev–Trinajstić information content (AvgIpc) is 2.63. The molecule has 2 aromatic carbocycles. The summed E-state index contributed by atoms with van der Waals surface area (Å²) in [5.74, 6) is -0.437. The van der Waals surface area contributed by atoms with Crippen molar-refractivity contribution in [1.29, 1.82) is 0 Å². The van der Waals surface area contributed by atoms with Gasteiger partial charge in [0.2, 0.25) is 15.9 Å². The van der Waals surface area contributed by atoms with Crippen molar-refractivity contribution < 1.29 is 13.2 Å². The minimum atomic E-state index is -3.78. The third-order valence-corrected chi connectivity index (χ3v) is 6.26. The molecule has 2 atom stereocenters. The molecule has 1 N–H and O–H groups in total. The highest BCUT2D eigenvalue weighted by atomic mass is 35.5. The first-order chi connectivity index (χ1) is 13.0. The number of halogens is 2. The predicted octanol–water partition coefficient (Wildman–Crippen LogP) is 4.59. The fourth-order valence-corrected chi connectivity index (χ4v) is 4.50. The maximum Gasteiger partial charge on any atom is 0.244 e. The van der Waals surface area contributed by atoms with Crippen LogP contribution in [0, 0.1) is 0 Å². The molecule has 0 aliphatic rings. The van der Waals surface area contributed by atoms with Gasteiger partial charge < -0.3 is 5.32 Å². The molecule has 0 fully saturated rings. The lowest BCUT2D eigenvalue weighted by molar-refractivity contribution is -0.122. The Morgan fingerprint density at radius 2 is 1.71 bits per heavy atom. The van der Waals surface area contributed by atoms with Crippen LogP contribution in [0.2, 0.25) is 10.0 Å². The van der Waals surface area contributed by atoms with Gasteiger partial charge in [-0.3, -0.25) is 9.10 Å². The lowest BCUT2D eigenvalue weighted by atomic mass is 10.0. The van der Waals surface area contributed by atoms with Crippen LogP contribution in [0.25, 0.3) is 0 Å². The lowest BCUT2D eigenvalue weighted by Gasteiger charge is -2.30. The van der Waals surface area contributed by atoms with Crippen LogP contribution in [-0.4, -0.2) is 26.6 Å². The van der Waals surface area contributed by atoms with Crippen LogP contribution in [0.4, 0.5) is 5.69 Å². The molecule has 1 amide bonds. The molecule has 0 bridgehead atoms. The quantitative estimate of drug-likeness (QED) is 0.681. The van der Waals surface area contributed by atoms with E-state index in [0.29, 0.717) is 5.02 Å². The fraction of sp³-hybridized carbons (Fsp3) is 0.350. The molecule has 8 heteroatoms. The van der Waals surface area contributed by atoms with E-state index in [9.17, 15) is 13.2 Å². The van der Waals surface area contributed by atoms with Crippen LogP contribution in [0.3, 0.4) is 0 Å². The van der Waals surface area contributed by atoms with Crippen molar-refractivity contribution >= 4 is 44.8 Å². The van der Waals surface area contributed by atoms with E-state index < -0.39 is 22.0 Å². The van der Waals surface area contributed by atoms with Gasteiger partial charge in [0.15, 0.2) is 0 Å². The summed E-state index contributed by atoms with van der Waals surface area (Å²) in [5.41, 5.74) is 2.30. The topological polar surface area (TPSA) is 66.5 Å². The summed E-state index contributed by atoms with van der Waals surface area (Å²) in [6, 6.07) is 11.1. The number of nitrogens with zero attached hydrogens (tertiary/aromatic N) is 1. The third-order valence-electron chi connectivity index (χ3n) is 4.48. The zero-order valence-electron chi connectivity index (χ0n) is 16.2. The molecule has 0 heterocycles. The van der Waals surface area contributed by atoms with Crippen LogP contribution in [-0.2, 0) is 21.2 Å². The summed E-state index contributed by atoms with van der Waals surface area (Å²) in [7, 11) is -3.78. The number of hydrogen-bond acceptors (Lipinski definition) is 3. The number of amides is 1. The molecular weight excluding hydrogens is 419 g/mol. The Bertz CT molecular complexity index is 946. The Morgan fingerprint density at radius 3 is 2.25 bits per heavy atom. The van der Waals surface area contributed by atoms with Gasteiger partial charge in [-0.1, -0.05) is 54.4 Å². The highest BCUT2D eigenvalue weighted by Gasteiger charge is 2.31. The van der Waals surface area contributed by atoms with Crippen LogP contribution in [0.1, 0.15) is 37.9 Å². The second kappa shape index (κ2) is 9.16. The van der Waals surface area contributed by atoms with Crippen molar-refractivity contribution in [2.45, 2.75) is 39.3 Å². The Hall–Kier alpha value is -1.76. The molecular formula is C20H24Cl2N2O3S. The molecule has 0 saturated carbocycles. The predicted molar refractivity (Wildman–Crippen MR) is 116 cm³/mol. The van der Waals surface area contributed by atoms with Gasteiger partial charge in [-0.25, -0.2) is 8.42 Å². The number of benzene rings is 2. The number of anilines is 1. The first-order valence-corrected chi connectivity index (χ1v) is 11.5. The maximum atomic E-state index is 12.8. The first kappa shape index (κ1) is 22.5. The number of nitrogens with one attached hydrogen (secondary N) is 1. The maximum absolute atomic E-state index is 12.8. The molecule has 0 aliphatic heterocycles. The largest absolute Gasteiger partial charge is 0.348 e. The van der Waals surface area contributed by atoms with Crippen molar-refractivity contribution in [3.63, 3.8) is 0 Å². The van der Waals surface area contributed by atoms with Gasteiger partial charge in [-0.15, -0.1) is 0 Å². The van der Waals surface area contributed by atoms with E-state index in [1.54, 1.807) is 6.07 Å². The number of carbonyl (C=O) groups is 1. The monoisotopic (exact) mass is 442 g/mol. The summed E-state index contributed by atoms with van der Waals surface area (Å²) in [6.45, 7) is 5.44. The summed E-state index contributed by atoms with van der Waals surface area (Å²) in [5, 5.41) is 3.39. The van der Waals surface area contributed by atoms with Crippen molar-refractivity contribution in [2.75, 3.05) is 10.6 Å². The summed E-state index contributed by atoms with van der Waals surface area (Å²) in [6.07, 6.45) is 1.96. The zero-order chi connectivity index (χ0) is 21.1. The third kappa shape index (κ3) is 5.40. The van der Waals surface area contributed by atoms with E-state index in [-0.39, 0.29) is 16.8 Å². The second-order valence-electron chi connectivity index (χ2n) is 6.66. The highest BCUT2D eigenvalue weighted by Crippen LogP contribution is 2.32. The molecule has 0 aliphatic carbocycles. The van der Waals surface area contributed by atoms with E-state index in [0.717, 1.165) is 22.5 Å². The summed E-state index contributed by atoms with van der Waals surface area (Å²) < 4.78 is 25.8. The first-order valence-electron chi connectivity index (χ1n) is 8.88. The van der Waals surface area contributed by atoms with Crippen LogP contribution >= 0.6 is 23.2 Å². The highest BCUT2D eigenvalue weighted by molar-refractivity contribution is 7.92. The molecule has 0 unspecified atom stereocenters. The number of aryl methyl sites for hydroxylation is 1. The fourth-order valence-electron chi connectivity index (χ4n) is 2.90. The van der Waals surface area contributed by atoms with Gasteiger partial charge in [0.05, 0.1) is 23.0 Å². The normalized spacial score (nSPS) is 13.6. The Labute approximate surface area is 176 Å². The van der Waals surface area contributed by atoms with E-state index in [2.05, 4.69) is 12.2 Å². The lowest BCUT2D eigenvalue weighted by Crippen LogP contribution is -2.48. The average molecular weight is 443 g/mol. The summed E-state index contributed by atoms with van der Waals surface area (Å²) >= 11 is 12.2. The molecule has 0 aromatic heterocycles. The Kier molecular flexibility index (Phi) is 7.37. The Balaban J connectivity index is 2.27.